The van der Waals surface area contributed by atoms with Crippen LogP contribution < -0.4 is 0 Å². The Morgan fingerprint density at radius 1 is 1.29 bits per heavy atom. The van der Waals surface area contributed by atoms with Crippen LogP contribution in [0.4, 0.5) is 0 Å². The van der Waals surface area contributed by atoms with Gasteiger partial charge in [0.2, 0.25) is 0 Å². The second-order valence-electron chi connectivity index (χ2n) is 4.20. The van der Waals surface area contributed by atoms with E-state index in [-0.39, 0.29) is 12.5 Å². The molecule has 0 aliphatic carbocycles. The van der Waals surface area contributed by atoms with Gasteiger partial charge in [0.25, 0.3) is 0 Å². The summed E-state index contributed by atoms with van der Waals surface area (Å²) in [6.07, 6.45) is 0.899. The molecule has 0 spiro atoms. The Hall–Kier alpha value is -0.640. The first kappa shape index (κ1) is 12.8. The Labute approximate surface area is 114 Å². The van der Waals surface area contributed by atoms with Crippen molar-refractivity contribution in [3.63, 3.8) is 0 Å². The molecule has 1 unspecified atom stereocenters. The Kier molecular flexibility index (Phi) is 4.37. The van der Waals surface area contributed by atoms with Crippen molar-refractivity contribution in [1.82, 2.24) is 0 Å². The highest BCUT2D eigenvalue weighted by molar-refractivity contribution is 9.11. The van der Waals surface area contributed by atoms with Gasteiger partial charge in [-0.15, -0.1) is 11.3 Å². The Bertz CT molecular complexity index is 492. The summed E-state index contributed by atoms with van der Waals surface area (Å²) in [5.74, 6) is 0.195. The summed E-state index contributed by atoms with van der Waals surface area (Å²) in [6.45, 7) is 2.28. The van der Waals surface area contributed by atoms with Gasteiger partial charge in [0.1, 0.15) is 0 Å². The van der Waals surface area contributed by atoms with E-state index in [1.54, 1.807) is 11.3 Å². The van der Waals surface area contributed by atoms with Crippen molar-refractivity contribution in [3.8, 4) is 0 Å². The standard InChI is InChI=1S/C14H15BrOS/c1-10-3-2-4-11(7-10)12(9-16)8-13-5-6-14(15)17-13/h2-7,12,16H,8-9H2,1H3. The third-order valence-electron chi connectivity index (χ3n) is 2.81. The summed E-state index contributed by atoms with van der Waals surface area (Å²) in [6, 6.07) is 12.6. The lowest BCUT2D eigenvalue weighted by atomic mass is 9.95. The number of aryl methyl sites for hydroxylation is 1. The van der Waals surface area contributed by atoms with Crippen molar-refractivity contribution in [2.75, 3.05) is 6.61 Å². The van der Waals surface area contributed by atoms with Crippen molar-refractivity contribution < 1.29 is 5.11 Å². The maximum atomic E-state index is 9.53. The number of rotatable bonds is 4. The average Bonchev–Trinajstić information content (AvgIpc) is 2.72. The number of thiophene rings is 1. The number of benzene rings is 1. The van der Waals surface area contributed by atoms with Crippen molar-refractivity contribution in [1.29, 1.82) is 0 Å². The lowest BCUT2D eigenvalue weighted by Crippen LogP contribution is -2.07. The van der Waals surface area contributed by atoms with Gasteiger partial charge in [-0.25, -0.2) is 0 Å². The van der Waals surface area contributed by atoms with Crippen LogP contribution in [-0.4, -0.2) is 11.7 Å². The van der Waals surface area contributed by atoms with Crippen LogP contribution in [0, 0.1) is 6.92 Å². The van der Waals surface area contributed by atoms with Gasteiger partial charge < -0.3 is 5.11 Å². The lowest BCUT2D eigenvalue weighted by molar-refractivity contribution is 0.265. The molecule has 1 N–H and O–H groups in total. The van der Waals surface area contributed by atoms with Crippen molar-refractivity contribution in [2.24, 2.45) is 0 Å². The SMILES string of the molecule is Cc1cccc(C(CO)Cc2ccc(Br)s2)c1. The average molecular weight is 311 g/mol. The zero-order valence-electron chi connectivity index (χ0n) is 9.69. The molecule has 0 fully saturated rings. The molecule has 2 aromatic rings. The minimum absolute atomic E-state index is 0.193. The highest BCUT2D eigenvalue weighted by atomic mass is 79.9. The number of halogens is 1. The molecule has 0 aliphatic rings. The predicted molar refractivity (Wildman–Crippen MR) is 76.7 cm³/mol. The topological polar surface area (TPSA) is 20.2 Å². The van der Waals surface area contributed by atoms with Gasteiger partial charge in [-0.1, -0.05) is 29.8 Å². The van der Waals surface area contributed by atoms with Gasteiger partial charge in [-0.2, -0.15) is 0 Å². The maximum absolute atomic E-state index is 9.53. The number of aliphatic hydroxyl groups excluding tert-OH is 1. The Balaban J connectivity index is 2.16. The Morgan fingerprint density at radius 2 is 2.12 bits per heavy atom. The van der Waals surface area contributed by atoms with Gasteiger partial charge in [0.05, 0.1) is 10.4 Å². The molecule has 2 rings (SSSR count). The first-order valence-electron chi connectivity index (χ1n) is 5.60. The fraction of sp³-hybridized carbons (Fsp3) is 0.286. The molecule has 0 aliphatic heterocycles. The summed E-state index contributed by atoms with van der Waals surface area (Å²) in [4.78, 5) is 1.30. The first-order valence-corrected chi connectivity index (χ1v) is 7.21. The molecular weight excluding hydrogens is 296 g/mol. The van der Waals surface area contributed by atoms with Gasteiger partial charge in [0.15, 0.2) is 0 Å². The first-order chi connectivity index (χ1) is 8.19. The van der Waals surface area contributed by atoms with Crippen LogP contribution in [0.3, 0.4) is 0 Å². The zero-order valence-corrected chi connectivity index (χ0v) is 12.1. The molecule has 1 nitrogen and oxygen atoms in total. The molecule has 1 heterocycles. The van der Waals surface area contributed by atoms with E-state index < -0.39 is 0 Å². The van der Waals surface area contributed by atoms with Gasteiger partial charge >= 0.3 is 0 Å². The van der Waals surface area contributed by atoms with Gasteiger partial charge in [-0.3, -0.25) is 0 Å². The van der Waals surface area contributed by atoms with Gasteiger partial charge in [-0.05, 0) is 47.0 Å². The number of aliphatic hydroxyl groups is 1. The van der Waals surface area contributed by atoms with Crippen LogP contribution >= 0.6 is 27.3 Å². The normalized spacial score (nSPS) is 12.6. The predicted octanol–water partition coefficient (Wildman–Crippen LogP) is 4.14. The summed E-state index contributed by atoms with van der Waals surface area (Å²) in [5.41, 5.74) is 2.46. The van der Waals surface area contributed by atoms with Crippen LogP contribution in [0.1, 0.15) is 21.9 Å². The second-order valence-corrected chi connectivity index (χ2v) is 6.75. The fourth-order valence-electron chi connectivity index (χ4n) is 1.92. The zero-order chi connectivity index (χ0) is 12.3. The quantitative estimate of drug-likeness (QED) is 0.900. The van der Waals surface area contributed by atoms with E-state index in [0.717, 1.165) is 10.2 Å². The molecule has 3 heteroatoms. The lowest BCUT2D eigenvalue weighted by Gasteiger charge is -2.14. The highest BCUT2D eigenvalue weighted by Crippen LogP contribution is 2.28. The third kappa shape index (κ3) is 3.41. The minimum atomic E-state index is 0.193. The van der Waals surface area contributed by atoms with Crippen molar-refractivity contribution in [3.05, 3.63) is 56.2 Å². The van der Waals surface area contributed by atoms with Crippen molar-refractivity contribution >= 4 is 27.3 Å². The van der Waals surface area contributed by atoms with E-state index in [9.17, 15) is 5.11 Å². The number of hydrogen-bond donors (Lipinski definition) is 1. The molecule has 90 valence electrons. The smallest absolute Gasteiger partial charge is 0.0701 e. The van der Waals surface area contributed by atoms with E-state index in [1.807, 2.05) is 0 Å². The third-order valence-corrected chi connectivity index (χ3v) is 4.46. The van der Waals surface area contributed by atoms with Crippen LogP contribution in [0.5, 0.6) is 0 Å². The minimum Gasteiger partial charge on any atom is -0.396 e. The largest absolute Gasteiger partial charge is 0.396 e. The molecular formula is C14H15BrOS. The van der Waals surface area contributed by atoms with E-state index >= 15 is 0 Å². The molecule has 0 radical (unpaired) electrons. The fourth-order valence-corrected chi connectivity index (χ4v) is 3.48. The van der Waals surface area contributed by atoms with Crippen LogP contribution in [0.2, 0.25) is 0 Å². The molecule has 0 bridgehead atoms. The molecule has 17 heavy (non-hydrogen) atoms. The van der Waals surface area contributed by atoms with Gasteiger partial charge in [0, 0.05) is 10.8 Å². The molecule has 0 saturated carbocycles. The molecule has 1 aromatic carbocycles. The summed E-state index contributed by atoms with van der Waals surface area (Å²) >= 11 is 5.20. The molecule has 0 amide bonds. The summed E-state index contributed by atoms with van der Waals surface area (Å²) in [7, 11) is 0. The van der Waals surface area contributed by atoms with E-state index in [0.29, 0.717) is 0 Å². The van der Waals surface area contributed by atoms with E-state index in [2.05, 4.69) is 59.3 Å². The molecule has 0 saturated heterocycles. The number of hydrogen-bond acceptors (Lipinski definition) is 2. The van der Waals surface area contributed by atoms with Crippen LogP contribution in [-0.2, 0) is 6.42 Å². The molecule has 1 atom stereocenters. The summed E-state index contributed by atoms with van der Waals surface area (Å²) < 4.78 is 1.15. The second kappa shape index (κ2) is 5.80. The molecule has 1 aromatic heterocycles. The van der Waals surface area contributed by atoms with E-state index in [1.165, 1.54) is 16.0 Å². The monoisotopic (exact) mass is 310 g/mol. The van der Waals surface area contributed by atoms with Crippen molar-refractivity contribution in [2.45, 2.75) is 19.3 Å². The highest BCUT2D eigenvalue weighted by Gasteiger charge is 2.12. The van der Waals surface area contributed by atoms with Crippen LogP contribution in [0.25, 0.3) is 0 Å². The summed E-state index contributed by atoms with van der Waals surface area (Å²) in [5, 5.41) is 9.53. The van der Waals surface area contributed by atoms with Crippen LogP contribution in [0.15, 0.2) is 40.2 Å². The maximum Gasteiger partial charge on any atom is 0.0701 e. The Morgan fingerprint density at radius 3 is 2.71 bits per heavy atom. The van der Waals surface area contributed by atoms with E-state index in [4.69, 9.17) is 0 Å².